The fourth-order valence-corrected chi connectivity index (χ4v) is 2.87. The molecule has 1 amide bonds. The van der Waals surface area contributed by atoms with Gasteiger partial charge in [0.05, 0.1) is 0 Å². The zero-order valence-corrected chi connectivity index (χ0v) is 16.3. The van der Waals surface area contributed by atoms with Crippen LogP contribution in [0, 0.1) is 0 Å². The van der Waals surface area contributed by atoms with Crippen molar-refractivity contribution in [2.75, 3.05) is 50.1 Å². The van der Waals surface area contributed by atoms with Gasteiger partial charge in [-0.15, -0.1) is 0 Å². The lowest BCUT2D eigenvalue weighted by Crippen LogP contribution is -2.49. The highest BCUT2D eigenvalue weighted by Crippen LogP contribution is 2.20. The monoisotopic (exact) mass is 370 g/mol. The Morgan fingerprint density at radius 1 is 1.04 bits per heavy atom. The zero-order chi connectivity index (χ0) is 19.6. The highest BCUT2D eigenvalue weighted by atomic mass is 16.3. The molecule has 144 valence electrons. The zero-order valence-electron chi connectivity index (χ0n) is 16.3. The lowest BCUT2D eigenvalue weighted by atomic mass is 10.1. The first-order valence-electron chi connectivity index (χ1n) is 9.11. The summed E-state index contributed by atoms with van der Waals surface area (Å²) in [5.74, 6) is 2.42. The third-order valence-electron chi connectivity index (χ3n) is 4.51. The van der Waals surface area contributed by atoms with Crippen LogP contribution in [0.5, 0.6) is 5.75 Å². The summed E-state index contributed by atoms with van der Waals surface area (Å²) in [6, 6.07) is 6.36. The van der Waals surface area contributed by atoms with E-state index in [1.165, 1.54) is 12.1 Å². The van der Waals surface area contributed by atoms with Gasteiger partial charge in [0.2, 0.25) is 11.9 Å². The van der Waals surface area contributed by atoms with E-state index in [4.69, 9.17) is 0 Å². The number of rotatable bonds is 4. The summed E-state index contributed by atoms with van der Waals surface area (Å²) in [5.41, 5.74) is 0.582. The maximum absolute atomic E-state index is 12.6. The molecule has 1 aliphatic heterocycles. The van der Waals surface area contributed by atoms with Gasteiger partial charge in [-0.1, -0.05) is 13.8 Å². The van der Waals surface area contributed by atoms with Crippen molar-refractivity contribution in [3.05, 3.63) is 35.7 Å². The number of aromatic nitrogens is 3. The number of hydrogen-bond acceptors (Lipinski definition) is 7. The molecule has 8 heteroatoms. The number of nitrogens with zero attached hydrogens (tertiary/aromatic N) is 6. The van der Waals surface area contributed by atoms with Crippen molar-refractivity contribution >= 4 is 17.8 Å². The minimum Gasteiger partial charge on any atom is -0.508 e. The van der Waals surface area contributed by atoms with Crippen molar-refractivity contribution < 1.29 is 9.90 Å². The molecule has 0 bridgehead atoms. The molecule has 1 saturated heterocycles. The summed E-state index contributed by atoms with van der Waals surface area (Å²) in [6.45, 7) is 6.65. The molecule has 8 nitrogen and oxygen atoms in total. The minimum atomic E-state index is -0.0258. The van der Waals surface area contributed by atoms with Gasteiger partial charge in [0.25, 0.3) is 5.91 Å². The van der Waals surface area contributed by atoms with Crippen LogP contribution in [-0.2, 0) is 0 Å². The molecule has 1 aromatic carbocycles. The fraction of sp³-hybridized carbons (Fsp3) is 0.474. The average Bonchev–Trinajstić information content (AvgIpc) is 2.67. The Hall–Kier alpha value is -2.90. The normalized spacial score (nSPS) is 14.6. The van der Waals surface area contributed by atoms with Crippen LogP contribution in [0.15, 0.2) is 24.3 Å². The first-order chi connectivity index (χ1) is 12.8. The van der Waals surface area contributed by atoms with E-state index in [-0.39, 0.29) is 17.6 Å². The van der Waals surface area contributed by atoms with Crippen LogP contribution in [0.1, 0.15) is 35.9 Å². The highest BCUT2D eigenvalue weighted by molar-refractivity contribution is 5.94. The molecule has 2 heterocycles. The first-order valence-corrected chi connectivity index (χ1v) is 9.11. The van der Waals surface area contributed by atoms with Gasteiger partial charge in [-0.05, 0) is 24.3 Å². The number of phenolic OH excluding ortho intramolecular Hbond substituents is 1. The van der Waals surface area contributed by atoms with Crippen molar-refractivity contribution in [2.24, 2.45) is 0 Å². The van der Waals surface area contributed by atoms with Gasteiger partial charge in [0, 0.05) is 51.8 Å². The predicted molar refractivity (Wildman–Crippen MR) is 104 cm³/mol. The van der Waals surface area contributed by atoms with Crippen LogP contribution in [-0.4, -0.2) is 71.1 Å². The molecule has 2 aromatic rings. The SMILES string of the molecule is CC(C)c1nc(N(C)C)nc(N2CCN(C(=O)c3ccc(O)cc3)CC2)n1. The Bertz CT molecular complexity index is 772. The van der Waals surface area contributed by atoms with Crippen molar-refractivity contribution in [1.29, 1.82) is 0 Å². The standard InChI is InChI=1S/C19H26N6O2/c1-13(2)16-20-18(23(3)4)22-19(21-16)25-11-9-24(10-12-25)17(27)14-5-7-15(26)8-6-14/h5-8,13,26H,9-12H2,1-4H3. The molecule has 0 aliphatic carbocycles. The van der Waals surface area contributed by atoms with Gasteiger partial charge >= 0.3 is 0 Å². The fourth-order valence-electron chi connectivity index (χ4n) is 2.87. The topological polar surface area (TPSA) is 85.7 Å². The largest absolute Gasteiger partial charge is 0.508 e. The quantitative estimate of drug-likeness (QED) is 0.877. The van der Waals surface area contributed by atoms with E-state index in [2.05, 4.69) is 33.7 Å². The molecule has 0 unspecified atom stereocenters. The van der Waals surface area contributed by atoms with Crippen LogP contribution in [0.3, 0.4) is 0 Å². The first kappa shape index (κ1) is 18.9. The van der Waals surface area contributed by atoms with Crippen molar-refractivity contribution in [3.63, 3.8) is 0 Å². The van der Waals surface area contributed by atoms with Gasteiger partial charge in [0.15, 0.2) is 0 Å². The van der Waals surface area contributed by atoms with E-state index in [1.54, 1.807) is 12.1 Å². The molecule has 0 atom stereocenters. The Labute approximate surface area is 159 Å². The van der Waals surface area contributed by atoms with Gasteiger partial charge in [-0.2, -0.15) is 15.0 Å². The lowest BCUT2D eigenvalue weighted by Gasteiger charge is -2.35. The lowest BCUT2D eigenvalue weighted by molar-refractivity contribution is 0.0746. The Balaban J connectivity index is 1.72. The van der Waals surface area contributed by atoms with Crippen molar-refractivity contribution in [3.8, 4) is 5.75 Å². The number of carbonyl (C=O) groups is 1. The average molecular weight is 370 g/mol. The van der Waals surface area contributed by atoms with Gasteiger partial charge in [-0.25, -0.2) is 0 Å². The molecule has 0 saturated carbocycles. The number of hydrogen-bond donors (Lipinski definition) is 1. The second-order valence-electron chi connectivity index (χ2n) is 7.17. The summed E-state index contributed by atoms with van der Waals surface area (Å²) in [7, 11) is 3.83. The van der Waals surface area contributed by atoms with E-state index in [9.17, 15) is 9.90 Å². The number of aromatic hydroxyl groups is 1. The van der Waals surface area contributed by atoms with Crippen molar-refractivity contribution in [2.45, 2.75) is 19.8 Å². The number of amides is 1. The second kappa shape index (κ2) is 7.77. The maximum atomic E-state index is 12.6. The van der Waals surface area contributed by atoms with E-state index in [0.29, 0.717) is 43.6 Å². The van der Waals surface area contributed by atoms with Crippen LogP contribution < -0.4 is 9.80 Å². The van der Waals surface area contributed by atoms with E-state index >= 15 is 0 Å². The number of benzene rings is 1. The molecule has 1 N–H and O–H groups in total. The van der Waals surface area contributed by atoms with Gasteiger partial charge in [0.1, 0.15) is 11.6 Å². The second-order valence-corrected chi connectivity index (χ2v) is 7.17. The van der Waals surface area contributed by atoms with E-state index in [0.717, 1.165) is 5.82 Å². The molecule has 27 heavy (non-hydrogen) atoms. The van der Waals surface area contributed by atoms with Crippen LogP contribution in [0.4, 0.5) is 11.9 Å². The van der Waals surface area contributed by atoms with Gasteiger partial charge < -0.3 is 19.8 Å². The summed E-state index contributed by atoms with van der Waals surface area (Å²) in [6.07, 6.45) is 0. The predicted octanol–water partition coefficient (Wildman–Crippen LogP) is 1.73. The molecular weight excluding hydrogens is 344 g/mol. The summed E-state index contributed by atoms with van der Waals surface area (Å²) in [5, 5.41) is 9.38. The molecular formula is C19H26N6O2. The summed E-state index contributed by atoms with van der Waals surface area (Å²) in [4.78, 5) is 32.1. The van der Waals surface area contributed by atoms with Crippen LogP contribution in [0.2, 0.25) is 0 Å². The van der Waals surface area contributed by atoms with Crippen molar-refractivity contribution in [1.82, 2.24) is 19.9 Å². The number of phenols is 1. The maximum Gasteiger partial charge on any atom is 0.253 e. The third-order valence-corrected chi connectivity index (χ3v) is 4.51. The van der Waals surface area contributed by atoms with Crippen LogP contribution >= 0.6 is 0 Å². The Morgan fingerprint density at radius 3 is 2.22 bits per heavy atom. The summed E-state index contributed by atoms with van der Waals surface area (Å²) >= 11 is 0. The summed E-state index contributed by atoms with van der Waals surface area (Å²) < 4.78 is 0. The van der Waals surface area contributed by atoms with Crippen LogP contribution in [0.25, 0.3) is 0 Å². The minimum absolute atomic E-state index is 0.0258. The number of anilines is 2. The smallest absolute Gasteiger partial charge is 0.253 e. The molecule has 3 rings (SSSR count). The Kier molecular flexibility index (Phi) is 5.43. The number of piperazine rings is 1. The molecule has 1 fully saturated rings. The van der Waals surface area contributed by atoms with E-state index < -0.39 is 0 Å². The molecule has 1 aromatic heterocycles. The van der Waals surface area contributed by atoms with E-state index in [1.807, 2.05) is 23.9 Å². The highest BCUT2D eigenvalue weighted by Gasteiger charge is 2.24. The Morgan fingerprint density at radius 2 is 1.67 bits per heavy atom. The third kappa shape index (κ3) is 4.27. The molecule has 1 aliphatic rings. The molecule has 0 spiro atoms. The number of carbonyl (C=O) groups excluding carboxylic acids is 1. The molecule has 0 radical (unpaired) electrons. The van der Waals surface area contributed by atoms with Gasteiger partial charge in [-0.3, -0.25) is 4.79 Å².